The van der Waals surface area contributed by atoms with Gasteiger partial charge in [0.05, 0.1) is 95.2 Å². The van der Waals surface area contributed by atoms with Crippen molar-refractivity contribution in [3.05, 3.63) is 392 Å². The maximum atomic E-state index is 15.3. The van der Waals surface area contributed by atoms with E-state index in [4.69, 9.17) is 25.1 Å². The van der Waals surface area contributed by atoms with Gasteiger partial charge in [-0.15, -0.1) is 0 Å². The maximum Gasteiger partial charge on any atom is 0.202 e. The lowest BCUT2D eigenvalue weighted by atomic mass is 10.0. The summed E-state index contributed by atoms with van der Waals surface area (Å²) in [5, 5.41) is 14.9. The van der Waals surface area contributed by atoms with Crippen molar-refractivity contribution < 1.29 is 97.0 Å². The molecule has 143 heavy (non-hydrogen) atoms. The Kier molecular flexibility index (Phi) is 29.5. The van der Waals surface area contributed by atoms with Gasteiger partial charge in [-0.2, -0.15) is 5.10 Å². The Morgan fingerprint density at radius 3 is 1.41 bits per heavy atom. The van der Waals surface area contributed by atoms with Crippen LogP contribution in [0.4, 0.5) is 30.7 Å². The third-order valence-corrected chi connectivity index (χ3v) is 30.8. The zero-order valence-electron chi connectivity index (χ0n) is 74.6. The summed E-state index contributed by atoms with van der Waals surface area (Å²) in [7, 11) is -16.7. The summed E-state index contributed by atoms with van der Waals surface area (Å²) in [5.41, 5.74) is 8.61. The molecule has 20 aromatic rings. The van der Waals surface area contributed by atoms with E-state index in [0.29, 0.717) is 102 Å². The minimum Gasteiger partial charge on any atom is -0.440 e. The first-order valence-electron chi connectivity index (χ1n) is 43.4. The number of fused-ring (bicyclic) bond motifs is 6. The van der Waals surface area contributed by atoms with Gasteiger partial charge in [-0.3, -0.25) is 29.3 Å². The minimum atomic E-state index is -4.26. The monoisotopic (exact) mass is 2160 g/mol. The molecule has 1 N–H and O–H groups in total. The number of hydrogen-bond donors (Lipinski definition) is 1. The number of ketones is 4. The van der Waals surface area contributed by atoms with Gasteiger partial charge in [-0.05, 0) is 144 Å². The fraction of sp³-hybridized carbons (Fsp3) is 0.126. The van der Waals surface area contributed by atoms with Crippen molar-refractivity contribution in [3.63, 3.8) is 0 Å². The standard InChI is InChI=1S/C28H20ClF2N3O3S.2C25H17BrF2N2O4S.C25H21FN4O4S/c29-28-23(8-4-10-33-28)19-6-3-5-18(11-19)15-34-16-26(27-24(31)12-20(30)13-25(27)34)38(36,37)17-22(35)14-21-7-1-2-9-32-21;26-16-5-3-4-15(8-16)12-30-13-23(25-19(28)9-17(27)10-21(25)30)35(32,33)14-18(31)11-24-29-20-6-1-2-7-22(20)34-24;26-16-5-3-4-15(8-16)12-30-13-24(25-20(28)9-17(27)10-22(25)30)35(32,33)14-18(31)11-21-19-6-1-2-7-23(19)34-29-21;1-16-11-18(29-34-16)12-19(31)15-35(32,33)24-14-30(23-8-3-2-6-21(23)24)13-17-5-4-7-20(25(17)26)22-9-10-27-28-22/h1-13,16H,14-15,17H2;2*1-10,13H,11-12,14H2;2-11,14H,12-13,15H2,1H3,(H,27,28). The van der Waals surface area contributed by atoms with Crippen LogP contribution in [-0.4, -0.2) is 134 Å². The highest BCUT2D eigenvalue weighted by Crippen LogP contribution is 2.38. The number of pyridine rings is 2. The zero-order chi connectivity index (χ0) is 101. The predicted molar refractivity (Wildman–Crippen MR) is 527 cm³/mol. The molecule has 0 aliphatic heterocycles. The Labute approximate surface area is 831 Å². The van der Waals surface area contributed by atoms with E-state index in [1.54, 1.807) is 176 Å². The quantitative estimate of drug-likeness (QED) is 0.0323. The number of aromatic amines is 1. The molecule has 726 valence electrons. The molecule has 40 heteroatoms. The van der Waals surface area contributed by atoms with Crippen LogP contribution >= 0.6 is 43.5 Å². The van der Waals surface area contributed by atoms with Crippen molar-refractivity contribution in [1.29, 1.82) is 0 Å². The number of halogens is 10. The molecule has 0 unspecified atom stereocenters. The first kappa shape index (κ1) is 99.8. The van der Waals surface area contributed by atoms with E-state index in [0.717, 1.165) is 49.4 Å². The highest BCUT2D eigenvalue weighted by atomic mass is 79.9. The summed E-state index contributed by atoms with van der Waals surface area (Å²) in [6, 6.07) is 64.6. The summed E-state index contributed by atoms with van der Waals surface area (Å²) in [4.78, 5) is 61.7. The van der Waals surface area contributed by atoms with Crippen molar-refractivity contribution in [1.82, 2.24) is 53.7 Å². The van der Waals surface area contributed by atoms with E-state index in [1.807, 2.05) is 54.6 Å². The molecule has 0 aliphatic rings. The number of carbonyl (C=O) groups is 4. The van der Waals surface area contributed by atoms with Gasteiger partial charge >= 0.3 is 0 Å². The zero-order valence-corrected chi connectivity index (χ0v) is 81.8. The first-order chi connectivity index (χ1) is 68.4. The first-order valence-corrected chi connectivity index (χ1v) is 52.0. The highest BCUT2D eigenvalue weighted by molar-refractivity contribution is 9.10. The van der Waals surface area contributed by atoms with Crippen LogP contribution in [0.3, 0.4) is 0 Å². The van der Waals surface area contributed by atoms with Gasteiger partial charge in [-0.25, -0.2) is 74.4 Å². The molecule has 0 atom stereocenters. The smallest absolute Gasteiger partial charge is 0.202 e. The van der Waals surface area contributed by atoms with E-state index in [1.165, 1.54) is 44.7 Å². The second-order valence-corrected chi connectivity index (χ2v) is 43.3. The molecule has 0 spiro atoms. The van der Waals surface area contributed by atoms with E-state index >= 15 is 4.39 Å². The van der Waals surface area contributed by atoms with E-state index in [-0.39, 0.29) is 110 Å². The topological polar surface area (TPSA) is 357 Å². The largest absolute Gasteiger partial charge is 0.440 e. The van der Waals surface area contributed by atoms with Crippen molar-refractivity contribution in [2.24, 2.45) is 0 Å². The van der Waals surface area contributed by atoms with Crippen LogP contribution in [0.2, 0.25) is 5.15 Å². The van der Waals surface area contributed by atoms with Crippen molar-refractivity contribution in [2.75, 3.05) is 23.0 Å². The van der Waals surface area contributed by atoms with Crippen molar-refractivity contribution in [3.8, 4) is 22.4 Å². The lowest BCUT2D eigenvalue weighted by Gasteiger charge is -2.09. The molecule has 0 saturated heterocycles. The number of aryl methyl sites for hydroxylation is 1. The van der Waals surface area contributed by atoms with Gasteiger partial charge in [0.1, 0.15) is 80.2 Å². The average Bonchev–Trinajstić information content (AvgIpc) is 1.61. The molecule has 10 aromatic heterocycles. The number of carbonyl (C=O) groups excluding carboxylic acids is 4. The number of nitrogens with zero attached hydrogens (tertiary/aromatic N) is 10. The number of sulfone groups is 4. The molecule has 0 radical (unpaired) electrons. The molecule has 10 heterocycles. The van der Waals surface area contributed by atoms with Crippen molar-refractivity contribution in [2.45, 2.75) is 78.4 Å². The molecule has 0 saturated carbocycles. The summed E-state index contributed by atoms with van der Waals surface area (Å²) in [5.74, 6) is -11.0. The number of hydrogen-bond acceptors (Lipinski definition) is 21. The maximum absolute atomic E-state index is 15.3. The van der Waals surface area contributed by atoms with Crippen LogP contribution in [0.1, 0.15) is 51.0 Å². The fourth-order valence-corrected chi connectivity index (χ4v) is 23.6. The number of nitrogens with one attached hydrogen (secondary N) is 1. The molecule has 0 amide bonds. The van der Waals surface area contributed by atoms with Gasteiger partial charge in [0.2, 0.25) is 5.89 Å². The summed E-state index contributed by atoms with van der Waals surface area (Å²) >= 11 is 13.0. The fourth-order valence-electron chi connectivity index (χ4n) is 16.6. The Hall–Kier alpha value is -14.7. The Morgan fingerprint density at radius 2 is 0.881 bits per heavy atom. The van der Waals surface area contributed by atoms with Crippen LogP contribution < -0.4 is 0 Å². The van der Waals surface area contributed by atoms with Gasteiger partial charge in [0, 0.05) is 141 Å². The third kappa shape index (κ3) is 23.1. The number of Topliss-reactive ketones (excluding diaryl/α,β-unsaturated/α-hetero) is 4. The molecular formula is C103H75Br2ClF7N11O15S4. The molecule has 0 aliphatic carbocycles. The van der Waals surface area contributed by atoms with E-state index in [9.17, 15) is 79.2 Å². The number of benzene rings is 10. The number of aromatic nitrogens is 11. The Balaban J connectivity index is 0.000000131. The highest BCUT2D eigenvalue weighted by Gasteiger charge is 2.34. The second kappa shape index (κ2) is 42.2. The average molecular weight is 2160 g/mol. The van der Waals surface area contributed by atoms with Crippen LogP contribution in [0, 0.1) is 47.6 Å². The lowest BCUT2D eigenvalue weighted by molar-refractivity contribution is -0.117. The van der Waals surface area contributed by atoms with Gasteiger partial charge in [0.15, 0.2) is 73.6 Å². The number of para-hydroxylation sites is 4. The predicted octanol–water partition coefficient (Wildman–Crippen LogP) is 20.7. The van der Waals surface area contributed by atoms with E-state index in [2.05, 4.69) is 67.3 Å². The Bertz CT molecular complexity index is 8820. The van der Waals surface area contributed by atoms with Crippen molar-refractivity contribution >= 4 is 172 Å². The molecular weight excluding hydrogens is 2090 g/mol. The number of H-pyrrole nitrogens is 1. The summed E-state index contributed by atoms with van der Waals surface area (Å²) in [6.45, 7) is 2.26. The van der Waals surface area contributed by atoms with Gasteiger partial charge in [-0.1, -0.05) is 157 Å². The lowest BCUT2D eigenvalue weighted by Crippen LogP contribution is -2.18. The normalized spacial score (nSPS) is 11.9. The van der Waals surface area contributed by atoms with Crippen LogP contribution in [0.25, 0.3) is 88.1 Å². The second-order valence-electron chi connectivity index (χ2n) is 33.2. The van der Waals surface area contributed by atoms with Crippen LogP contribution in [0.5, 0.6) is 0 Å². The van der Waals surface area contributed by atoms with E-state index < -0.39 is 126 Å². The molecule has 20 rings (SSSR count). The number of rotatable bonds is 30. The summed E-state index contributed by atoms with van der Waals surface area (Å²) < 4.78 is 232. The van der Waals surface area contributed by atoms with Crippen LogP contribution in [-0.2, 0) is 110 Å². The number of oxazole rings is 1. The summed E-state index contributed by atoms with van der Waals surface area (Å²) in [6.07, 6.45) is 8.93. The SMILES string of the molecule is Cc1cc(CC(=O)CS(=O)(=O)c2cn(Cc3cccc(-c4ccn[nH]4)c3F)c3ccccc23)no1.O=C(Cc1ccccn1)CS(=O)(=O)c1cn(Cc2cccc(-c3cccnc3Cl)c2)c2cc(F)cc(F)c12.O=C(Cc1nc2ccccc2o1)CS(=O)(=O)c1cn(Cc2cccc(Br)c2)c2cc(F)cc(F)c12.O=C(Cc1noc2ccccc12)CS(=O)(=O)c1cn(Cc2cccc(Br)c2)c2cc(F)cc(F)c12. The van der Waals surface area contributed by atoms with Crippen LogP contribution in [0.15, 0.2) is 328 Å². The molecule has 26 nitrogen and oxygen atoms in total. The van der Waals surface area contributed by atoms with Gasteiger partial charge in [0.25, 0.3) is 0 Å². The third-order valence-electron chi connectivity index (χ3n) is 22.8. The Morgan fingerprint density at radius 1 is 0.406 bits per heavy atom. The van der Waals surface area contributed by atoms with Gasteiger partial charge < -0.3 is 31.7 Å². The minimum absolute atomic E-state index is 0.0305. The molecule has 0 bridgehead atoms. The molecule has 0 fully saturated rings. The molecule has 10 aromatic carbocycles.